The van der Waals surface area contributed by atoms with E-state index in [4.69, 9.17) is 9.47 Å². The van der Waals surface area contributed by atoms with E-state index in [0.717, 1.165) is 11.8 Å². The average molecular weight is 331 g/mol. The highest BCUT2D eigenvalue weighted by Gasteiger charge is 2.30. The van der Waals surface area contributed by atoms with Gasteiger partial charge in [0.25, 0.3) is 0 Å². The molecular formula is C17H21N3O4. The molecule has 128 valence electrons. The number of hydrogen-bond acceptors (Lipinski definition) is 6. The second-order valence-corrected chi connectivity index (χ2v) is 6.84. The van der Waals surface area contributed by atoms with Crippen molar-refractivity contribution in [2.24, 2.45) is 0 Å². The number of ether oxygens (including phenoxy) is 2. The summed E-state index contributed by atoms with van der Waals surface area (Å²) in [6, 6.07) is 5.07. The number of rotatable bonds is 2. The first-order valence-corrected chi connectivity index (χ1v) is 7.90. The van der Waals surface area contributed by atoms with Crippen LogP contribution in [0, 0.1) is 0 Å². The summed E-state index contributed by atoms with van der Waals surface area (Å²) in [4.78, 5) is 21.8. The van der Waals surface area contributed by atoms with Gasteiger partial charge in [0, 0.05) is 24.4 Å². The van der Waals surface area contributed by atoms with Crippen molar-refractivity contribution in [1.82, 2.24) is 14.9 Å². The fourth-order valence-electron chi connectivity index (χ4n) is 2.55. The lowest BCUT2D eigenvalue weighted by Crippen LogP contribution is -2.36. The molecule has 0 bridgehead atoms. The highest BCUT2D eigenvalue weighted by atomic mass is 16.6. The highest BCUT2D eigenvalue weighted by Crippen LogP contribution is 2.23. The van der Waals surface area contributed by atoms with Crippen LogP contribution in [0.4, 0.5) is 4.79 Å². The van der Waals surface area contributed by atoms with Crippen molar-refractivity contribution in [2.45, 2.75) is 38.9 Å². The molecule has 0 saturated carbocycles. The van der Waals surface area contributed by atoms with Crippen LogP contribution in [-0.4, -0.2) is 50.9 Å². The summed E-state index contributed by atoms with van der Waals surface area (Å²) >= 11 is 0. The molecule has 7 nitrogen and oxygen atoms in total. The second kappa shape index (κ2) is 6.14. The molecule has 1 saturated heterocycles. The first-order valence-electron chi connectivity index (χ1n) is 7.90. The van der Waals surface area contributed by atoms with E-state index in [1.807, 2.05) is 26.8 Å². The second-order valence-electron chi connectivity index (χ2n) is 6.84. The molecule has 2 aromatic heterocycles. The van der Waals surface area contributed by atoms with Gasteiger partial charge in [-0.25, -0.2) is 9.78 Å². The molecule has 7 heteroatoms. The number of carbonyl (C=O) groups is 1. The summed E-state index contributed by atoms with van der Waals surface area (Å²) in [6.45, 7) is 6.64. The number of hydrogen-bond donors (Lipinski definition) is 1. The SMILES string of the molecule is CC(C)(C)OC(=O)N1CC[C@@H](Oc2cnc3nc(O)ccc3c2)C1. The van der Waals surface area contributed by atoms with Gasteiger partial charge in [-0.1, -0.05) is 0 Å². The van der Waals surface area contributed by atoms with E-state index >= 15 is 0 Å². The highest BCUT2D eigenvalue weighted by molar-refractivity contribution is 5.76. The van der Waals surface area contributed by atoms with Gasteiger partial charge in [0.05, 0.1) is 12.7 Å². The summed E-state index contributed by atoms with van der Waals surface area (Å²) in [5.74, 6) is 0.554. The minimum atomic E-state index is -0.503. The van der Waals surface area contributed by atoms with Gasteiger partial charge in [0.15, 0.2) is 5.65 Å². The minimum Gasteiger partial charge on any atom is -0.493 e. The monoisotopic (exact) mass is 331 g/mol. The Balaban J connectivity index is 1.63. The predicted octanol–water partition coefficient (Wildman–Crippen LogP) is 2.72. The number of fused-ring (bicyclic) bond motifs is 1. The van der Waals surface area contributed by atoms with Gasteiger partial charge in [-0.3, -0.25) is 0 Å². The molecule has 0 spiro atoms. The molecule has 1 atom stereocenters. The van der Waals surface area contributed by atoms with Crippen molar-refractivity contribution in [3.63, 3.8) is 0 Å². The number of amides is 1. The topological polar surface area (TPSA) is 84.8 Å². The van der Waals surface area contributed by atoms with E-state index in [2.05, 4.69) is 9.97 Å². The standard InChI is InChI=1S/C17H21N3O4/c1-17(2,3)24-16(22)20-7-6-12(10-20)23-13-8-11-4-5-14(21)19-15(11)18-9-13/h4-5,8-9,12H,6-7,10H2,1-3H3,(H,18,19,21)/t12-/m1/s1. The lowest BCUT2D eigenvalue weighted by atomic mass is 10.2. The normalized spacial score (nSPS) is 18.0. The van der Waals surface area contributed by atoms with Gasteiger partial charge in [0.1, 0.15) is 17.5 Å². The lowest BCUT2D eigenvalue weighted by Gasteiger charge is -2.24. The van der Waals surface area contributed by atoms with Crippen LogP contribution in [0.3, 0.4) is 0 Å². The quantitative estimate of drug-likeness (QED) is 0.911. The molecular weight excluding hydrogens is 310 g/mol. The summed E-state index contributed by atoms with van der Waals surface area (Å²) < 4.78 is 11.3. The van der Waals surface area contributed by atoms with Crippen LogP contribution in [0.2, 0.25) is 0 Å². The molecule has 1 aliphatic rings. The Morgan fingerprint density at radius 3 is 2.92 bits per heavy atom. The molecule has 3 heterocycles. The van der Waals surface area contributed by atoms with Gasteiger partial charge in [-0.05, 0) is 32.9 Å². The van der Waals surface area contributed by atoms with E-state index < -0.39 is 5.60 Å². The maximum absolute atomic E-state index is 12.1. The third-order valence-electron chi connectivity index (χ3n) is 3.60. The first kappa shape index (κ1) is 16.3. The van der Waals surface area contributed by atoms with E-state index in [1.54, 1.807) is 17.2 Å². The van der Waals surface area contributed by atoms with E-state index in [9.17, 15) is 9.90 Å². The number of aromatic nitrogens is 2. The Labute approximate surface area is 140 Å². The molecule has 1 amide bonds. The maximum Gasteiger partial charge on any atom is 0.410 e. The smallest absolute Gasteiger partial charge is 0.410 e. The molecule has 0 aromatic carbocycles. The molecule has 0 unspecified atom stereocenters. The zero-order chi connectivity index (χ0) is 17.3. The third-order valence-corrected chi connectivity index (χ3v) is 3.60. The molecule has 1 N–H and O–H groups in total. The van der Waals surface area contributed by atoms with E-state index in [0.29, 0.717) is 24.5 Å². The molecule has 1 aliphatic heterocycles. The molecule has 3 rings (SSSR count). The zero-order valence-electron chi connectivity index (χ0n) is 14.0. The zero-order valence-corrected chi connectivity index (χ0v) is 14.0. The van der Waals surface area contributed by atoms with Crippen molar-refractivity contribution in [2.75, 3.05) is 13.1 Å². The van der Waals surface area contributed by atoms with Gasteiger partial charge in [-0.15, -0.1) is 0 Å². The van der Waals surface area contributed by atoms with Crippen LogP contribution in [-0.2, 0) is 4.74 Å². The van der Waals surface area contributed by atoms with Crippen LogP contribution in [0.1, 0.15) is 27.2 Å². The van der Waals surface area contributed by atoms with Crippen LogP contribution in [0.5, 0.6) is 11.6 Å². The Hall–Kier alpha value is -2.57. The fraction of sp³-hybridized carbons (Fsp3) is 0.471. The Morgan fingerprint density at radius 2 is 2.17 bits per heavy atom. The fourth-order valence-corrected chi connectivity index (χ4v) is 2.55. The lowest BCUT2D eigenvalue weighted by molar-refractivity contribution is 0.0275. The first-order chi connectivity index (χ1) is 11.3. The number of aromatic hydroxyl groups is 1. The molecule has 0 aliphatic carbocycles. The van der Waals surface area contributed by atoms with Gasteiger partial charge in [0.2, 0.25) is 5.88 Å². The predicted molar refractivity (Wildman–Crippen MR) is 88.0 cm³/mol. The van der Waals surface area contributed by atoms with Crippen molar-refractivity contribution in [3.8, 4) is 11.6 Å². The summed E-state index contributed by atoms with van der Waals surface area (Å²) in [5, 5.41) is 10.1. The van der Waals surface area contributed by atoms with Gasteiger partial charge >= 0.3 is 6.09 Å². The molecule has 24 heavy (non-hydrogen) atoms. The summed E-state index contributed by atoms with van der Waals surface area (Å²) in [5.41, 5.74) is -0.0409. The number of pyridine rings is 2. The third kappa shape index (κ3) is 3.84. The van der Waals surface area contributed by atoms with Crippen LogP contribution >= 0.6 is 0 Å². The average Bonchev–Trinajstić information content (AvgIpc) is 2.94. The Morgan fingerprint density at radius 1 is 1.38 bits per heavy atom. The Kier molecular flexibility index (Phi) is 4.17. The van der Waals surface area contributed by atoms with E-state index in [-0.39, 0.29) is 18.1 Å². The minimum absolute atomic E-state index is 0.0625. The maximum atomic E-state index is 12.1. The van der Waals surface area contributed by atoms with Crippen LogP contribution < -0.4 is 4.74 Å². The Bertz CT molecular complexity index is 757. The van der Waals surface area contributed by atoms with Crippen molar-refractivity contribution in [3.05, 3.63) is 24.4 Å². The molecule has 0 radical (unpaired) electrons. The van der Waals surface area contributed by atoms with Crippen LogP contribution in [0.15, 0.2) is 24.4 Å². The molecule has 1 fully saturated rings. The van der Waals surface area contributed by atoms with Crippen LogP contribution in [0.25, 0.3) is 11.0 Å². The summed E-state index contributed by atoms with van der Waals surface area (Å²) in [6.07, 6.45) is 1.91. The van der Waals surface area contributed by atoms with Gasteiger partial charge < -0.3 is 19.5 Å². The van der Waals surface area contributed by atoms with Crippen molar-refractivity contribution in [1.29, 1.82) is 0 Å². The molecule has 2 aromatic rings. The number of likely N-dealkylation sites (tertiary alicyclic amines) is 1. The number of nitrogens with zero attached hydrogens (tertiary/aromatic N) is 3. The summed E-state index contributed by atoms with van der Waals surface area (Å²) in [7, 11) is 0. The largest absolute Gasteiger partial charge is 0.493 e. The van der Waals surface area contributed by atoms with E-state index in [1.165, 1.54) is 6.07 Å². The van der Waals surface area contributed by atoms with Gasteiger partial charge in [-0.2, -0.15) is 4.98 Å². The van der Waals surface area contributed by atoms with Crippen molar-refractivity contribution < 1.29 is 19.4 Å². The van der Waals surface area contributed by atoms with Crippen molar-refractivity contribution >= 4 is 17.1 Å². The number of carbonyl (C=O) groups excluding carboxylic acids is 1.